The van der Waals surface area contributed by atoms with E-state index in [0.717, 1.165) is 32.8 Å². The minimum atomic E-state index is -3.16. The minimum absolute atomic E-state index is 0.156. The molecule has 2 heterocycles. The molecule has 0 radical (unpaired) electrons. The quantitative estimate of drug-likeness (QED) is 0.582. The van der Waals surface area contributed by atoms with Gasteiger partial charge in [-0.1, -0.05) is 12.2 Å². The van der Waals surface area contributed by atoms with E-state index in [9.17, 15) is 13.2 Å². The Labute approximate surface area is 143 Å². The van der Waals surface area contributed by atoms with E-state index < -0.39 is 10.0 Å². The molecule has 6 nitrogen and oxygen atoms in total. The molecule has 0 unspecified atom stereocenters. The van der Waals surface area contributed by atoms with E-state index in [-0.39, 0.29) is 5.24 Å². The zero-order chi connectivity index (χ0) is 16.3. The maximum atomic E-state index is 11.2. The van der Waals surface area contributed by atoms with Crippen molar-refractivity contribution in [2.75, 3.05) is 31.3 Å². The SMILES string of the molecule is CN(CCNS(C)(=O)=O)c1ccc(/C=C2\SC(=O)NC2=S)s1. The summed E-state index contributed by atoms with van der Waals surface area (Å²) in [6, 6.07) is 3.90. The number of nitrogens with zero attached hydrogens (tertiary/aromatic N) is 1. The number of thiocarbonyl (C=S) groups is 1. The Hall–Kier alpha value is -0.940. The zero-order valence-corrected chi connectivity index (χ0v) is 15.2. The number of thiophene rings is 1. The molecule has 0 spiro atoms. The van der Waals surface area contributed by atoms with Crippen LogP contribution in [0.1, 0.15) is 4.88 Å². The van der Waals surface area contributed by atoms with Crippen LogP contribution in [0.25, 0.3) is 6.08 Å². The second kappa shape index (κ2) is 7.09. The maximum Gasteiger partial charge on any atom is 0.289 e. The number of carbonyl (C=O) groups is 1. The van der Waals surface area contributed by atoms with E-state index in [4.69, 9.17) is 12.2 Å². The van der Waals surface area contributed by atoms with Crippen molar-refractivity contribution >= 4 is 66.6 Å². The lowest BCUT2D eigenvalue weighted by Crippen LogP contribution is -2.31. The second-order valence-electron chi connectivity index (χ2n) is 4.62. The van der Waals surface area contributed by atoms with Gasteiger partial charge in [0.15, 0.2) is 0 Å². The molecule has 22 heavy (non-hydrogen) atoms. The van der Waals surface area contributed by atoms with E-state index in [0.29, 0.717) is 18.1 Å². The molecular weight excluding hydrogens is 362 g/mol. The van der Waals surface area contributed by atoms with Crippen LogP contribution in [0.2, 0.25) is 0 Å². The van der Waals surface area contributed by atoms with Crippen LogP contribution in [0.3, 0.4) is 0 Å². The van der Waals surface area contributed by atoms with Crippen molar-refractivity contribution in [3.8, 4) is 0 Å². The summed E-state index contributed by atoms with van der Waals surface area (Å²) in [5, 5.41) is 3.43. The van der Waals surface area contributed by atoms with Crippen LogP contribution < -0.4 is 14.9 Å². The first-order chi connectivity index (χ1) is 10.2. The van der Waals surface area contributed by atoms with Gasteiger partial charge in [-0.15, -0.1) is 11.3 Å². The third kappa shape index (κ3) is 5.06. The number of sulfonamides is 1. The molecule has 120 valence electrons. The Bertz CT molecular complexity index is 724. The number of likely N-dealkylation sites (N-methyl/N-ethyl adjacent to an activating group) is 1. The van der Waals surface area contributed by atoms with Crippen LogP contribution in [0.15, 0.2) is 17.0 Å². The van der Waals surface area contributed by atoms with E-state index in [1.54, 1.807) is 11.3 Å². The topological polar surface area (TPSA) is 78.5 Å². The highest BCUT2D eigenvalue weighted by Crippen LogP contribution is 2.31. The van der Waals surface area contributed by atoms with E-state index in [1.807, 2.05) is 30.2 Å². The minimum Gasteiger partial charge on any atom is -0.365 e. The molecule has 1 saturated heterocycles. The van der Waals surface area contributed by atoms with E-state index >= 15 is 0 Å². The first kappa shape index (κ1) is 17.4. The Morgan fingerprint density at radius 2 is 2.18 bits per heavy atom. The second-order valence-corrected chi connectivity index (χ2v) is 8.97. The lowest BCUT2D eigenvalue weighted by molar-refractivity contribution is 0.265. The fourth-order valence-corrected chi connectivity index (χ4v) is 4.18. The number of hydrogen-bond acceptors (Lipinski definition) is 7. The molecule has 2 N–H and O–H groups in total. The molecule has 2 rings (SSSR count). The zero-order valence-electron chi connectivity index (χ0n) is 12.0. The van der Waals surface area contributed by atoms with Gasteiger partial charge >= 0.3 is 0 Å². The number of rotatable bonds is 6. The van der Waals surface area contributed by atoms with Gasteiger partial charge in [-0.25, -0.2) is 13.1 Å². The molecule has 10 heteroatoms. The number of amides is 1. The summed E-state index contributed by atoms with van der Waals surface area (Å²) in [5.41, 5.74) is 0. The van der Waals surface area contributed by atoms with Crippen LogP contribution in [0.5, 0.6) is 0 Å². The van der Waals surface area contributed by atoms with Crippen LogP contribution >= 0.6 is 35.3 Å². The lowest BCUT2D eigenvalue weighted by Gasteiger charge is -2.16. The molecule has 1 aromatic rings. The molecule has 0 atom stereocenters. The molecule has 0 saturated carbocycles. The predicted octanol–water partition coefficient (Wildman–Crippen LogP) is 1.86. The summed E-state index contributed by atoms with van der Waals surface area (Å²) in [5.74, 6) is 0. The van der Waals surface area contributed by atoms with Gasteiger partial charge in [0.2, 0.25) is 10.0 Å². The number of carbonyl (C=O) groups excluding carboxylic acids is 1. The van der Waals surface area contributed by atoms with Gasteiger partial charge in [-0.2, -0.15) is 0 Å². The fourth-order valence-electron chi connectivity index (χ4n) is 1.68. The molecule has 1 amide bonds. The van der Waals surface area contributed by atoms with Crippen molar-refractivity contribution < 1.29 is 13.2 Å². The third-order valence-electron chi connectivity index (χ3n) is 2.72. The predicted molar refractivity (Wildman–Crippen MR) is 97.1 cm³/mol. The highest BCUT2D eigenvalue weighted by Gasteiger charge is 2.21. The molecule has 0 aromatic carbocycles. The van der Waals surface area contributed by atoms with Crippen molar-refractivity contribution in [3.63, 3.8) is 0 Å². The number of thioether (sulfide) groups is 1. The van der Waals surface area contributed by atoms with Crippen molar-refractivity contribution in [1.29, 1.82) is 0 Å². The average Bonchev–Trinajstić information content (AvgIpc) is 2.96. The fraction of sp³-hybridized carbons (Fsp3) is 0.333. The summed E-state index contributed by atoms with van der Waals surface area (Å²) in [7, 11) is -1.27. The van der Waals surface area contributed by atoms with Gasteiger partial charge in [-0.05, 0) is 30.0 Å². The van der Waals surface area contributed by atoms with Gasteiger partial charge in [0.25, 0.3) is 5.24 Å². The number of anilines is 1. The average molecular weight is 378 g/mol. The van der Waals surface area contributed by atoms with Crippen LogP contribution in [0.4, 0.5) is 9.80 Å². The van der Waals surface area contributed by atoms with Crippen LogP contribution in [-0.4, -0.2) is 45.0 Å². The normalized spacial score (nSPS) is 17.1. The third-order valence-corrected chi connectivity index (χ3v) is 5.87. The van der Waals surface area contributed by atoms with Crippen molar-refractivity contribution in [3.05, 3.63) is 21.9 Å². The Kier molecular flexibility index (Phi) is 5.61. The highest BCUT2D eigenvalue weighted by atomic mass is 32.2. The van der Waals surface area contributed by atoms with E-state index in [1.165, 1.54) is 0 Å². The van der Waals surface area contributed by atoms with Crippen LogP contribution in [-0.2, 0) is 10.0 Å². The van der Waals surface area contributed by atoms with Gasteiger partial charge < -0.3 is 10.2 Å². The first-order valence-electron chi connectivity index (χ1n) is 6.25. The summed E-state index contributed by atoms with van der Waals surface area (Å²) in [4.78, 5) is 15.4. The van der Waals surface area contributed by atoms with Crippen molar-refractivity contribution in [1.82, 2.24) is 10.0 Å². The highest BCUT2D eigenvalue weighted by molar-refractivity contribution is 8.19. The Balaban J connectivity index is 1.98. The number of hydrogen-bond donors (Lipinski definition) is 2. The molecule has 1 aliphatic rings. The van der Waals surface area contributed by atoms with Gasteiger partial charge in [0, 0.05) is 25.0 Å². The largest absolute Gasteiger partial charge is 0.365 e. The van der Waals surface area contributed by atoms with Crippen LogP contribution in [0, 0.1) is 0 Å². The summed E-state index contributed by atoms with van der Waals surface area (Å²) >= 11 is 7.71. The standard InChI is InChI=1S/C12H15N3O3S4/c1-15(6-5-13-22(2,17)18)10-4-3-8(20-10)7-9-11(19)14-12(16)21-9/h3-4,7,13H,5-6H2,1-2H3,(H,14,16,19)/b9-7-. The molecule has 1 aliphatic heterocycles. The molecule has 1 aromatic heterocycles. The van der Waals surface area contributed by atoms with Gasteiger partial charge in [0.1, 0.15) is 4.99 Å². The van der Waals surface area contributed by atoms with E-state index in [2.05, 4.69) is 10.0 Å². The lowest BCUT2D eigenvalue weighted by atomic mass is 10.4. The van der Waals surface area contributed by atoms with Gasteiger partial charge in [0.05, 0.1) is 16.2 Å². The Morgan fingerprint density at radius 1 is 1.45 bits per heavy atom. The first-order valence-corrected chi connectivity index (χ1v) is 10.2. The Morgan fingerprint density at radius 3 is 2.77 bits per heavy atom. The summed E-state index contributed by atoms with van der Waals surface area (Å²) in [6.45, 7) is 0.915. The molecule has 0 aliphatic carbocycles. The summed E-state index contributed by atoms with van der Waals surface area (Å²) < 4.78 is 24.5. The molecule has 1 fully saturated rings. The molecule has 0 bridgehead atoms. The maximum absolute atomic E-state index is 11.2. The van der Waals surface area contributed by atoms with Gasteiger partial charge in [-0.3, -0.25) is 4.79 Å². The van der Waals surface area contributed by atoms with Crippen molar-refractivity contribution in [2.24, 2.45) is 0 Å². The van der Waals surface area contributed by atoms with Crippen molar-refractivity contribution in [2.45, 2.75) is 0 Å². The monoisotopic (exact) mass is 377 g/mol. The smallest absolute Gasteiger partial charge is 0.289 e. The summed E-state index contributed by atoms with van der Waals surface area (Å²) in [6.07, 6.45) is 3.02. The molecular formula is C12H15N3O3S4. The number of nitrogens with one attached hydrogen (secondary N) is 2.